The third kappa shape index (κ3) is 4.74. The lowest BCUT2D eigenvalue weighted by Gasteiger charge is -2.29. The molecule has 1 saturated heterocycles. The van der Waals surface area contributed by atoms with E-state index < -0.39 is 6.04 Å². The molecule has 2 aliphatic heterocycles. The normalized spacial score (nSPS) is 20.1. The number of imide groups is 1. The molecule has 0 saturated carbocycles. The molecule has 32 heavy (non-hydrogen) atoms. The monoisotopic (exact) mass is 434 g/mol. The van der Waals surface area contributed by atoms with Crippen LogP contribution in [0, 0.1) is 0 Å². The number of carbonyl (C=O) groups is 3. The van der Waals surface area contributed by atoms with Gasteiger partial charge in [0, 0.05) is 37.2 Å². The fourth-order valence-electron chi connectivity index (χ4n) is 4.57. The highest BCUT2D eigenvalue weighted by atomic mass is 16.2. The number of nitrogens with zero attached hydrogens (tertiary/aromatic N) is 1. The molecular formula is C25H30N4O3. The summed E-state index contributed by atoms with van der Waals surface area (Å²) in [5.74, 6) is -0.818. The van der Waals surface area contributed by atoms with Crippen LogP contribution < -0.4 is 16.4 Å². The van der Waals surface area contributed by atoms with E-state index in [1.54, 1.807) is 4.90 Å². The van der Waals surface area contributed by atoms with Crippen LogP contribution in [-0.2, 0) is 29.1 Å². The maximum atomic E-state index is 13.0. The Labute approximate surface area is 188 Å². The number of hydrogen-bond acceptors (Lipinski definition) is 5. The fraction of sp³-hybridized carbons (Fsp3) is 0.400. The van der Waals surface area contributed by atoms with E-state index in [0.29, 0.717) is 25.1 Å². The second-order valence-electron chi connectivity index (χ2n) is 8.71. The number of rotatable bonds is 8. The Balaban J connectivity index is 1.43. The van der Waals surface area contributed by atoms with Crippen molar-refractivity contribution in [3.8, 4) is 0 Å². The first-order valence-electron chi connectivity index (χ1n) is 11.2. The third-order valence-corrected chi connectivity index (χ3v) is 6.46. The molecule has 0 radical (unpaired) electrons. The Hall–Kier alpha value is -3.03. The summed E-state index contributed by atoms with van der Waals surface area (Å²) >= 11 is 0. The minimum atomic E-state index is -0.601. The first kappa shape index (κ1) is 22.2. The fourth-order valence-corrected chi connectivity index (χ4v) is 4.57. The number of amides is 3. The van der Waals surface area contributed by atoms with E-state index in [-0.39, 0.29) is 36.2 Å². The van der Waals surface area contributed by atoms with Crippen molar-refractivity contribution in [2.24, 2.45) is 5.73 Å². The van der Waals surface area contributed by atoms with E-state index in [9.17, 15) is 14.4 Å². The molecular weight excluding hydrogens is 404 g/mol. The quantitative estimate of drug-likeness (QED) is 0.551. The number of hydrogen-bond donors (Lipinski definition) is 3. The largest absolute Gasteiger partial charge is 0.327 e. The van der Waals surface area contributed by atoms with Crippen molar-refractivity contribution in [1.82, 2.24) is 15.5 Å². The van der Waals surface area contributed by atoms with Crippen molar-refractivity contribution < 1.29 is 14.4 Å². The molecule has 4 N–H and O–H groups in total. The topological polar surface area (TPSA) is 105 Å². The van der Waals surface area contributed by atoms with Crippen LogP contribution >= 0.6 is 0 Å². The minimum Gasteiger partial charge on any atom is -0.327 e. The van der Waals surface area contributed by atoms with E-state index in [4.69, 9.17) is 5.73 Å². The molecule has 2 heterocycles. The molecule has 7 nitrogen and oxygen atoms in total. The molecule has 1 fully saturated rings. The highest BCUT2D eigenvalue weighted by Crippen LogP contribution is 2.30. The van der Waals surface area contributed by atoms with Crippen LogP contribution in [0.1, 0.15) is 53.2 Å². The van der Waals surface area contributed by atoms with E-state index in [1.807, 2.05) is 43.3 Å². The highest BCUT2D eigenvalue weighted by molar-refractivity contribution is 6.05. The summed E-state index contributed by atoms with van der Waals surface area (Å²) in [5, 5.41) is 5.93. The lowest BCUT2D eigenvalue weighted by Crippen LogP contribution is -2.52. The smallest absolute Gasteiger partial charge is 0.255 e. The molecule has 2 aromatic carbocycles. The number of carbonyl (C=O) groups excluding carboxylic acids is 3. The summed E-state index contributed by atoms with van der Waals surface area (Å²) < 4.78 is 0. The van der Waals surface area contributed by atoms with Gasteiger partial charge in [0.15, 0.2) is 0 Å². The maximum Gasteiger partial charge on any atom is 0.255 e. The predicted molar refractivity (Wildman–Crippen MR) is 122 cm³/mol. The van der Waals surface area contributed by atoms with E-state index in [0.717, 1.165) is 24.0 Å². The summed E-state index contributed by atoms with van der Waals surface area (Å²) in [7, 11) is 0. The lowest BCUT2D eigenvalue weighted by molar-refractivity contribution is -0.136. The Morgan fingerprint density at radius 3 is 2.62 bits per heavy atom. The van der Waals surface area contributed by atoms with Gasteiger partial charge in [0.05, 0.1) is 0 Å². The SMILES string of the molecule is CC(N)C(CCc1ccccc1)NCc1cccc2c1CN(C1CCC(=O)NC1=O)C2=O. The van der Waals surface area contributed by atoms with Gasteiger partial charge in [-0.3, -0.25) is 19.7 Å². The molecule has 3 atom stereocenters. The van der Waals surface area contributed by atoms with Gasteiger partial charge in [-0.1, -0.05) is 42.5 Å². The number of nitrogens with one attached hydrogen (secondary N) is 2. The molecule has 0 bridgehead atoms. The average Bonchev–Trinajstić information content (AvgIpc) is 3.11. The number of fused-ring (bicyclic) bond motifs is 1. The van der Waals surface area contributed by atoms with Gasteiger partial charge in [-0.15, -0.1) is 0 Å². The Kier molecular flexibility index (Phi) is 6.67. The van der Waals surface area contributed by atoms with Crippen LogP contribution in [-0.4, -0.2) is 40.7 Å². The summed E-state index contributed by atoms with van der Waals surface area (Å²) in [4.78, 5) is 38.4. The van der Waals surface area contributed by atoms with Gasteiger partial charge in [-0.05, 0) is 48.9 Å². The molecule has 0 aliphatic carbocycles. The van der Waals surface area contributed by atoms with Crippen LogP contribution in [0.3, 0.4) is 0 Å². The number of piperidine rings is 1. The first-order valence-corrected chi connectivity index (χ1v) is 11.2. The van der Waals surface area contributed by atoms with E-state index in [1.165, 1.54) is 5.56 Å². The Morgan fingerprint density at radius 2 is 1.91 bits per heavy atom. The van der Waals surface area contributed by atoms with Crippen LogP contribution in [0.5, 0.6) is 0 Å². The second-order valence-corrected chi connectivity index (χ2v) is 8.71. The van der Waals surface area contributed by atoms with Gasteiger partial charge < -0.3 is 16.0 Å². The second kappa shape index (κ2) is 9.63. The van der Waals surface area contributed by atoms with Gasteiger partial charge in [0.25, 0.3) is 5.91 Å². The van der Waals surface area contributed by atoms with Crippen molar-refractivity contribution in [2.45, 2.75) is 63.8 Å². The van der Waals surface area contributed by atoms with Gasteiger partial charge in [-0.25, -0.2) is 0 Å². The summed E-state index contributed by atoms with van der Waals surface area (Å²) in [5.41, 5.74) is 10.2. The minimum absolute atomic E-state index is 0.0166. The molecule has 4 rings (SSSR count). The molecule has 0 spiro atoms. The molecule has 2 aliphatic rings. The number of aryl methyl sites for hydroxylation is 1. The zero-order valence-electron chi connectivity index (χ0n) is 18.3. The van der Waals surface area contributed by atoms with Crippen LogP contribution in [0.4, 0.5) is 0 Å². The summed E-state index contributed by atoms with van der Waals surface area (Å²) in [6.45, 7) is 2.98. The maximum absolute atomic E-state index is 13.0. The molecule has 3 amide bonds. The standard InChI is InChI=1S/C25H30N4O3/c1-16(26)21(11-10-17-6-3-2-4-7-17)27-14-18-8-5-9-19-20(18)15-29(25(19)32)22-12-13-23(30)28-24(22)31/h2-9,16,21-22,27H,10-15,26H2,1H3,(H,28,30,31). The Morgan fingerprint density at radius 1 is 1.12 bits per heavy atom. The van der Waals surface area contributed by atoms with Gasteiger partial charge in [0.2, 0.25) is 11.8 Å². The van der Waals surface area contributed by atoms with Gasteiger partial charge in [-0.2, -0.15) is 0 Å². The number of benzene rings is 2. The third-order valence-electron chi connectivity index (χ3n) is 6.46. The zero-order chi connectivity index (χ0) is 22.7. The van der Waals surface area contributed by atoms with Crippen molar-refractivity contribution >= 4 is 17.7 Å². The van der Waals surface area contributed by atoms with Crippen molar-refractivity contribution in [2.75, 3.05) is 0 Å². The molecule has 168 valence electrons. The van der Waals surface area contributed by atoms with Crippen LogP contribution in [0.2, 0.25) is 0 Å². The number of nitrogens with two attached hydrogens (primary N) is 1. The first-order chi connectivity index (χ1) is 15.4. The van der Waals surface area contributed by atoms with Crippen molar-refractivity contribution in [3.05, 3.63) is 70.8 Å². The summed E-state index contributed by atoms with van der Waals surface area (Å²) in [6.07, 6.45) is 2.47. The predicted octanol–water partition coefficient (Wildman–Crippen LogP) is 1.89. The average molecular weight is 435 g/mol. The van der Waals surface area contributed by atoms with E-state index >= 15 is 0 Å². The van der Waals surface area contributed by atoms with Crippen molar-refractivity contribution in [1.29, 1.82) is 0 Å². The van der Waals surface area contributed by atoms with Crippen molar-refractivity contribution in [3.63, 3.8) is 0 Å². The molecule has 7 heteroatoms. The Bertz CT molecular complexity index is 1010. The van der Waals surface area contributed by atoms with Crippen LogP contribution in [0.25, 0.3) is 0 Å². The zero-order valence-corrected chi connectivity index (χ0v) is 18.3. The van der Waals surface area contributed by atoms with Gasteiger partial charge in [0.1, 0.15) is 6.04 Å². The lowest BCUT2D eigenvalue weighted by atomic mass is 9.99. The highest BCUT2D eigenvalue weighted by Gasteiger charge is 2.39. The summed E-state index contributed by atoms with van der Waals surface area (Å²) in [6, 6.07) is 15.6. The molecule has 2 aromatic rings. The molecule has 3 unspecified atom stereocenters. The molecule has 0 aromatic heterocycles. The van der Waals surface area contributed by atoms with E-state index in [2.05, 4.69) is 22.8 Å². The van der Waals surface area contributed by atoms with Gasteiger partial charge >= 0.3 is 0 Å². The van der Waals surface area contributed by atoms with Crippen LogP contribution in [0.15, 0.2) is 48.5 Å².